The molecule has 4 heteroatoms. The van der Waals surface area contributed by atoms with Gasteiger partial charge in [-0.15, -0.1) is 0 Å². The molecule has 0 atom stereocenters. The maximum Gasteiger partial charge on any atom is 0.260 e. The maximum absolute atomic E-state index is 13.5. The normalized spacial score (nSPS) is 13.1. The molecule has 2 heterocycles. The zero-order valence-corrected chi connectivity index (χ0v) is 16.7. The number of hydrogen-bond acceptors (Lipinski definition) is 2. The van der Waals surface area contributed by atoms with Crippen molar-refractivity contribution in [1.82, 2.24) is 4.98 Å². The van der Waals surface area contributed by atoms with Gasteiger partial charge in [-0.25, -0.2) is 4.98 Å². The number of carbonyl (C=O) groups excluding carboxylic acids is 1. The predicted octanol–water partition coefficient (Wildman–Crippen LogP) is 5.93. The summed E-state index contributed by atoms with van der Waals surface area (Å²) in [5.74, 6) is 0.0542. The van der Waals surface area contributed by atoms with Gasteiger partial charge < -0.3 is 4.90 Å². The van der Waals surface area contributed by atoms with Crippen LogP contribution in [0.3, 0.4) is 0 Å². The van der Waals surface area contributed by atoms with Crippen molar-refractivity contribution in [3.05, 3.63) is 81.3 Å². The lowest BCUT2D eigenvalue weighted by Crippen LogP contribution is -2.26. The van der Waals surface area contributed by atoms with E-state index in [4.69, 9.17) is 4.98 Å². The molecule has 0 saturated carbocycles. The van der Waals surface area contributed by atoms with Crippen LogP contribution in [-0.4, -0.2) is 10.9 Å². The number of rotatable bonds is 2. The fourth-order valence-corrected chi connectivity index (χ4v) is 4.28. The first-order valence-electron chi connectivity index (χ1n) is 8.93. The lowest BCUT2D eigenvalue weighted by molar-refractivity contribution is 0.0993. The molecule has 0 fully saturated rings. The van der Waals surface area contributed by atoms with Crippen LogP contribution in [-0.2, 0) is 6.54 Å². The molecule has 27 heavy (non-hydrogen) atoms. The number of amides is 1. The number of aromatic nitrogens is 1. The van der Waals surface area contributed by atoms with Gasteiger partial charge in [-0.1, -0.05) is 52.3 Å². The van der Waals surface area contributed by atoms with E-state index in [-0.39, 0.29) is 5.91 Å². The molecule has 0 spiro atoms. The van der Waals surface area contributed by atoms with Crippen molar-refractivity contribution in [2.45, 2.75) is 20.4 Å². The van der Waals surface area contributed by atoms with Gasteiger partial charge in [-0.3, -0.25) is 4.79 Å². The van der Waals surface area contributed by atoms with E-state index in [2.05, 4.69) is 48.0 Å². The van der Waals surface area contributed by atoms with E-state index in [9.17, 15) is 4.79 Å². The summed E-state index contributed by atoms with van der Waals surface area (Å²) >= 11 is 3.52. The zero-order chi connectivity index (χ0) is 18.7. The molecule has 1 amide bonds. The Bertz CT molecular complexity index is 1250. The van der Waals surface area contributed by atoms with Gasteiger partial charge in [0, 0.05) is 15.2 Å². The van der Waals surface area contributed by atoms with Crippen LogP contribution < -0.4 is 4.90 Å². The van der Waals surface area contributed by atoms with Crippen LogP contribution in [0.5, 0.6) is 0 Å². The molecule has 0 radical (unpaired) electrons. The van der Waals surface area contributed by atoms with E-state index >= 15 is 0 Å². The molecule has 1 aliphatic rings. The number of nitrogens with zero attached hydrogens (tertiary/aromatic N) is 2. The van der Waals surface area contributed by atoms with Crippen LogP contribution in [0.25, 0.3) is 21.8 Å². The van der Waals surface area contributed by atoms with Gasteiger partial charge in [0.15, 0.2) is 0 Å². The van der Waals surface area contributed by atoms with Crippen LogP contribution in [0.2, 0.25) is 0 Å². The second-order valence-electron chi connectivity index (χ2n) is 7.09. The van der Waals surface area contributed by atoms with Gasteiger partial charge in [-0.05, 0) is 48.7 Å². The molecule has 3 nitrogen and oxygen atoms in total. The molecule has 0 unspecified atom stereocenters. The Labute approximate surface area is 165 Å². The maximum atomic E-state index is 13.5. The van der Waals surface area contributed by atoms with E-state index in [0.717, 1.165) is 54.2 Å². The fourth-order valence-electron chi connectivity index (χ4n) is 3.93. The highest BCUT2D eigenvalue weighted by Gasteiger charge is 2.33. The summed E-state index contributed by atoms with van der Waals surface area (Å²) in [6.45, 7) is 4.73. The quantitative estimate of drug-likeness (QED) is 0.379. The monoisotopic (exact) mass is 416 g/mol. The Morgan fingerprint density at radius 2 is 1.81 bits per heavy atom. The second kappa shape index (κ2) is 5.89. The van der Waals surface area contributed by atoms with Gasteiger partial charge in [0.05, 0.1) is 28.8 Å². The van der Waals surface area contributed by atoms with Crippen LogP contribution in [0.4, 0.5) is 5.69 Å². The van der Waals surface area contributed by atoms with Crippen molar-refractivity contribution in [3.63, 3.8) is 0 Å². The molecular formula is C23H17BrN2O. The van der Waals surface area contributed by atoms with Gasteiger partial charge in [0.2, 0.25) is 0 Å². The highest BCUT2D eigenvalue weighted by Crippen LogP contribution is 2.43. The summed E-state index contributed by atoms with van der Waals surface area (Å²) in [7, 11) is 0. The summed E-state index contributed by atoms with van der Waals surface area (Å²) in [4.78, 5) is 20.3. The Morgan fingerprint density at radius 1 is 1.04 bits per heavy atom. The first kappa shape index (κ1) is 16.5. The first-order chi connectivity index (χ1) is 13.0. The summed E-state index contributed by atoms with van der Waals surface area (Å²) in [5, 5.41) is 1.89. The molecule has 3 aromatic carbocycles. The van der Waals surface area contributed by atoms with E-state index in [1.807, 2.05) is 41.3 Å². The minimum absolute atomic E-state index is 0.0542. The highest BCUT2D eigenvalue weighted by molar-refractivity contribution is 9.10. The number of fused-ring (bicyclic) bond motifs is 2. The number of benzene rings is 3. The third-order valence-corrected chi connectivity index (χ3v) is 5.93. The number of anilines is 1. The largest absolute Gasteiger partial charge is 0.303 e. The molecule has 0 bridgehead atoms. The van der Waals surface area contributed by atoms with Crippen molar-refractivity contribution >= 4 is 49.3 Å². The van der Waals surface area contributed by atoms with E-state index in [1.54, 1.807) is 0 Å². The van der Waals surface area contributed by atoms with Gasteiger partial charge in [0.25, 0.3) is 5.91 Å². The van der Waals surface area contributed by atoms with E-state index in [0.29, 0.717) is 6.54 Å². The molecule has 0 aliphatic carbocycles. The number of hydrogen-bond donors (Lipinski definition) is 0. The average Bonchev–Trinajstić information content (AvgIpc) is 2.93. The summed E-state index contributed by atoms with van der Waals surface area (Å²) in [5.41, 5.74) is 6.91. The van der Waals surface area contributed by atoms with Crippen molar-refractivity contribution in [2.24, 2.45) is 0 Å². The minimum atomic E-state index is 0.0542. The van der Waals surface area contributed by atoms with Crippen LogP contribution >= 0.6 is 15.9 Å². The van der Waals surface area contributed by atoms with Crippen molar-refractivity contribution in [2.75, 3.05) is 4.90 Å². The highest BCUT2D eigenvalue weighted by atomic mass is 79.9. The summed E-state index contributed by atoms with van der Waals surface area (Å²) in [6.07, 6.45) is 0. The van der Waals surface area contributed by atoms with Crippen LogP contribution in [0.15, 0.2) is 59.1 Å². The molecule has 5 rings (SSSR count). The van der Waals surface area contributed by atoms with Crippen LogP contribution in [0.1, 0.15) is 27.0 Å². The third kappa shape index (κ3) is 2.40. The Hall–Kier alpha value is -2.72. The van der Waals surface area contributed by atoms with Gasteiger partial charge in [0.1, 0.15) is 0 Å². The first-order valence-corrected chi connectivity index (χ1v) is 9.73. The van der Waals surface area contributed by atoms with E-state index in [1.165, 1.54) is 0 Å². The molecule has 1 aromatic heterocycles. The lowest BCUT2D eigenvalue weighted by atomic mass is 9.99. The molecule has 4 aromatic rings. The smallest absolute Gasteiger partial charge is 0.260 e. The Kier molecular flexibility index (Phi) is 3.59. The van der Waals surface area contributed by atoms with E-state index < -0.39 is 0 Å². The minimum Gasteiger partial charge on any atom is -0.303 e. The van der Waals surface area contributed by atoms with Crippen molar-refractivity contribution < 1.29 is 4.79 Å². The van der Waals surface area contributed by atoms with Gasteiger partial charge >= 0.3 is 0 Å². The molecule has 1 aliphatic heterocycles. The Balaban J connectivity index is 1.83. The fraction of sp³-hybridized carbons (Fsp3) is 0.130. The molecule has 132 valence electrons. The van der Waals surface area contributed by atoms with Crippen LogP contribution in [0, 0.1) is 13.8 Å². The van der Waals surface area contributed by atoms with Gasteiger partial charge in [-0.2, -0.15) is 0 Å². The van der Waals surface area contributed by atoms with Crippen molar-refractivity contribution in [3.8, 4) is 0 Å². The zero-order valence-electron chi connectivity index (χ0n) is 15.1. The molecular weight excluding hydrogens is 400 g/mol. The predicted molar refractivity (Wildman–Crippen MR) is 113 cm³/mol. The second-order valence-corrected chi connectivity index (χ2v) is 8.00. The SMILES string of the molecule is Cc1cc2c3c(c4ccc(Br)cc4nc3c1C)C(=O)N2Cc1ccccc1. The van der Waals surface area contributed by atoms with Crippen molar-refractivity contribution in [1.29, 1.82) is 0 Å². The number of carbonyl (C=O) groups is 1. The summed E-state index contributed by atoms with van der Waals surface area (Å²) < 4.78 is 0.964. The third-order valence-electron chi connectivity index (χ3n) is 5.44. The topological polar surface area (TPSA) is 33.2 Å². The molecule has 0 N–H and O–H groups in total. The Morgan fingerprint density at radius 3 is 2.59 bits per heavy atom. The number of halogens is 1. The average molecular weight is 417 g/mol. The number of pyridine rings is 1. The number of aryl methyl sites for hydroxylation is 2. The lowest BCUT2D eigenvalue weighted by Gasteiger charge is -2.18. The molecule has 0 saturated heterocycles. The summed E-state index contributed by atoms with van der Waals surface area (Å²) in [6, 6.07) is 18.2. The standard InChI is InChI=1S/C23H17BrN2O/c1-13-10-19-21-20(23(27)26(19)12-15-6-4-3-5-7-15)17-9-8-16(24)11-18(17)25-22(21)14(13)2/h3-11H,12H2,1-2H3.